The molecule has 2 aliphatic rings. The fourth-order valence-electron chi connectivity index (χ4n) is 5.59. The fourth-order valence-corrected chi connectivity index (χ4v) is 5.59. The van der Waals surface area contributed by atoms with Crippen LogP contribution in [0.5, 0.6) is 17.2 Å². The highest BCUT2D eigenvalue weighted by Gasteiger charge is 2.71. The number of hydrogen-bond donors (Lipinski definition) is 1. The number of aliphatic hydroxyl groups is 1. The van der Waals surface area contributed by atoms with Crippen molar-refractivity contribution in [3.8, 4) is 17.2 Å². The Morgan fingerprint density at radius 3 is 1.86 bits per heavy atom. The average molecular weight is 488 g/mol. The molecular weight excluding hydrogens is 462 g/mol. The fraction of sp³-hybridized carbons (Fsp3) is 0.250. The number of methoxy groups -OCH3 is 3. The van der Waals surface area contributed by atoms with Crippen LogP contribution >= 0.6 is 0 Å². The summed E-state index contributed by atoms with van der Waals surface area (Å²) in [6, 6.07) is 16.4. The lowest BCUT2D eigenvalue weighted by molar-refractivity contribution is -0.129. The Morgan fingerprint density at radius 1 is 0.806 bits per heavy atom. The molecule has 36 heavy (non-hydrogen) atoms. The SMILES string of the molecule is COc1cc(CC2(C3(O)C(=O)c4ccccc4C3=O)C(=O)N(C)c3ccccc32)cc(OC)c1OC. The molecule has 184 valence electrons. The van der Waals surface area contributed by atoms with Crippen molar-refractivity contribution < 1.29 is 33.7 Å². The largest absolute Gasteiger partial charge is 0.493 e. The van der Waals surface area contributed by atoms with Crippen molar-refractivity contribution in [3.05, 3.63) is 82.9 Å². The predicted molar refractivity (Wildman–Crippen MR) is 131 cm³/mol. The number of Topliss-reactive ketones (excluding diaryl/α,β-unsaturated/α-hetero) is 2. The molecule has 5 rings (SSSR count). The zero-order valence-corrected chi connectivity index (χ0v) is 20.3. The zero-order valence-electron chi connectivity index (χ0n) is 20.3. The number of amides is 1. The highest BCUT2D eigenvalue weighted by Crippen LogP contribution is 2.54. The Balaban J connectivity index is 1.80. The third kappa shape index (κ3) is 2.82. The molecule has 1 amide bonds. The first kappa shape index (κ1) is 23.6. The minimum Gasteiger partial charge on any atom is -0.493 e. The number of para-hydroxylation sites is 1. The third-order valence-electron chi connectivity index (χ3n) is 7.28. The number of benzene rings is 3. The van der Waals surface area contributed by atoms with Crippen LogP contribution in [0, 0.1) is 0 Å². The van der Waals surface area contributed by atoms with Crippen LogP contribution in [0.2, 0.25) is 0 Å². The summed E-state index contributed by atoms with van der Waals surface area (Å²) in [5.41, 5.74) is -3.00. The molecule has 3 aromatic rings. The molecule has 1 atom stereocenters. The van der Waals surface area contributed by atoms with Gasteiger partial charge in [0, 0.05) is 23.9 Å². The topological polar surface area (TPSA) is 102 Å². The lowest BCUT2D eigenvalue weighted by atomic mass is 9.62. The second-order valence-electron chi connectivity index (χ2n) is 8.91. The van der Waals surface area contributed by atoms with Crippen LogP contribution in [0.4, 0.5) is 5.69 Å². The molecule has 8 heteroatoms. The van der Waals surface area contributed by atoms with E-state index in [-0.39, 0.29) is 17.5 Å². The van der Waals surface area contributed by atoms with Crippen molar-refractivity contribution in [2.45, 2.75) is 17.4 Å². The van der Waals surface area contributed by atoms with E-state index in [0.29, 0.717) is 34.1 Å². The Bertz CT molecular complexity index is 1370. The Hall–Kier alpha value is -4.17. The molecule has 1 unspecified atom stereocenters. The van der Waals surface area contributed by atoms with Crippen molar-refractivity contribution in [1.29, 1.82) is 0 Å². The van der Waals surface area contributed by atoms with Crippen LogP contribution in [0.3, 0.4) is 0 Å². The standard InChI is InChI=1S/C28H25NO7/c1-29-20-12-8-7-11-19(20)27(26(29)32,15-16-13-21(34-2)23(36-4)22(14-16)35-3)28(33)24(30)17-9-5-6-10-18(17)25(28)31/h5-14,33H,15H2,1-4H3. The zero-order chi connectivity index (χ0) is 25.8. The van der Waals surface area contributed by atoms with Crippen molar-refractivity contribution in [2.75, 3.05) is 33.3 Å². The maximum Gasteiger partial charge on any atom is 0.241 e. The van der Waals surface area contributed by atoms with Gasteiger partial charge in [0.15, 0.2) is 11.5 Å². The minimum atomic E-state index is -2.66. The second kappa shape index (κ2) is 8.20. The van der Waals surface area contributed by atoms with Gasteiger partial charge in [-0.25, -0.2) is 0 Å². The van der Waals surface area contributed by atoms with Gasteiger partial charge in [-0.2, -0.15) is 0 Å². The molecule has 0 aromatic heterocycles. The van der Waals surface area contributed by atoms with Crippen LogP contribution < -0.4 is 19.1 Å². The highest BCUT2D eigenvalue weighted by atomic mass is 16.5. The quantitative estimate of drug-likeness (QED) is 0.534. The van der Waals surface area contributed by atoms with E-state index in [0.717, 1.165) is 0 Å². The third-order valence-corrected chi connectivity index (χ3v) is 7.28. The molecule has 1 heterocycles. The average Bonchev–Trinajstić information content (AvgIpc) is 3.25. The van der Waals surface area contributed by atoms with Gasteiger partial charge in [0.05, 0.1) is 21.3 Å². The van der Waals surface area contributed by atoms with E-state index in [1.807, 2.05) is 0 Å². The summed E-state index contributed by atoms with van der Waals surface area (Å²) in [6.07, 6.45) is -0.175. The van der Waals surface area contributed by atoms with E-state index >= 15 is 0 Å². The van der Waals surface area contributed by atoms with Gasteiger partial charge in [-0.3, -0.25) is 14.4 Å². The molecule has 1 N–H and O–H groups in total. The predicted octanol–water partition coefficient (Wildman–Crippen LogP) is 2.98. The van der Waals surface area contributed by atoms with Crippen LogP contribution in [0.25, 0.3) is 0 Å². The number of ketones is 2. The number of hydrogen-bond acceptors (Lipinski definition) is 7. The summed E-state index contributed by atoms with van der Waals surface area (Å²) >= 11 is 0. The molecule has 8 nitrogen and oxygen atoms in total. The molecule has 0 bridgehead atoms. The Kier molecular flexibility index (Phi) is 5.37. The smallest absolute Gasteiger partial charge is 0.241 e. The van der Waals surface area contributed by atoms with Crippen LogP contribution in [-0.4, -0.2) is 56.6 Å². The Labute approximate surface area is 208 Å². The number of fused-ring (bicyclic) bond motifs is 2. The molecule has 0 radical (unpaired) electrons. The molecule has 0 fully saturated rings. The lowest BCUT2D eigenvalue weighted by Crippen LogP contribution is -2.64. The molecular formula is C28H25NO7. The molecule has 0 saturated carbocycles. The number of ether oxygens (including phenoxy) is 3. The van der Waals surface area contributed by atoms with Crippen molar-refractivity contribution >= 4 is 23.2 Å². The summed E-state index contributed by atoms with van der Waals surface area (Å²) in [7, 11) is 5.98. The maximum atomic E-state index is 14.1. The first-order valence-electron chi connectivity index (χ1n) is 11.3. The number of likely N-dealkylation sites (N-methyl/N-ethyl adjacent to an activating group) is 1. The molecule has 0 spiro atoms. The summed E-state index contributed by atoms with van der Waals surface area (Å²) in [5.74, 6) is -1.12. The lowest BCUT2D eigenvalue weighted by Gasteiger charge is -2.39. The van der Waals surface area contributed by atoms with Crippen molar-refractivity contribution in [1.82, 2.24) is 0 Å². The van der Waals surface area contributed by atoms with Crippen LogP contribution in [0.15, 0.2) is 60.7 Å². The van der Waals surface area contributed by atoms with Gasteiger partial charge in [-0.05, 0) is 35.7 Å². The number of carbonyl (C=O) groups is 3. The van der Waals surface area contributed by atoms with Gasteiger partial charge in [-0.1, -0.05) is 42.5 Å². The first-order valence-corrected chi connectivity index (χ1v) is 11.3. The minimum absolute atomic E-state index is 0.0918. The number of carbonyl (C=O) groups excluding carboxylic acids is 3. The van der Waals surface area contributed by atoms with E-state index in [1.54, 1.807) is 55.6 Å². The first-order chi connectivity index (χ1) is 17.3. The van der Waals surface area contributed by atoms with Gasteiger partial charge in [0.2, 0.25) is 28.8 Å². The maximum absolute atomic E-state index is 14.1. The second-order valence-corrected chi connectivity index (χ2v) is 8.91. The van der Waals surface area contributed by atoms with E-state index in [4.69, 9.17) is 14.2 Å². The normalized spacial score (nSPS) is 19.8. The number of rotatable bonds is 6. The van der Waals surface area contributed by atoms with Gasteiger partial charge >= 0.3 is 0 Å². The monoisotopic (exact) mass is 487 g/mol. The summed E-state index contributed by atoms with van der Waals surface area (Å²) in [5, 5.41) is 12.2. The van der Waals surface area contributed by atoms with Crippen molar-refractivity contribution in [3.63, 3.8) is 0 Å². The number of anilines is 1. The van der Waals surface area contributed by atoms with E-state index in [1.165, 1.54) is 38.4 Å². The van der Waals surface area contributed by atoms with Gasteiger partial charge in [0.1, 0.15) is 5.41 Å². The van der Waals surface area contributed by atoms with Crippen molar-refractivity contribution in [2.24, 2.45) is 0 Å². The van der Waals surface area contributed by atoms with Gasteiger partial charge < -0.3 is 24.2 Å². The van der Waals surface area contributed by atoms with Gasteiger partial charge in [-0.15, -0.1) is 0 Å². The van der Waals surface area contributed by atoms with Crippen LogP contribution in [-0.2, 0) is 16.6 Å². The Morgan fingerprint density at radius 2 is 1.33 bits per heavy atom. The van der Waals surface area contributed by atoms with E-state index in [9.17, 15) is 19.5 Å². The van der Waals surface area contributed by atoms with Gasteiger partial charge in [0.25, 0.3) is 0 Å². The summed E-state index contributed by atoms with van der Waals surface area (Å²) < 4.78 is 16.4. The van der Waals surface area contributed by atoms with Crippen LogP contribution in [0.1, 0.15) is 31.8 Å². The number of nitrogens with zero attached hydrogens (tertiary/aromatic N) is 1. The highest BCUT2D eigenvalue weighted by molar-refractivity contribution is 6.36. The molecule has 3 aromatic carbocycles. The molecule has 0 saturated heterocycles. The summed E-state index contributed by atoms with van der Waals surface area (Å²) in [6.45, 7) is 0. The molecule has 1 aliphatic heterocycles. The summed E-state index contributed by atoms with van der Waals surface area (Å²) in [4.78, 5) is 43.1. The van der Waals surface area contributed by atoms with E-state index < -0.39 is 28.5 Å². The van der Waals surface area contributed by atoms with E-state index in [2.05, 4.69) is 0 Å². The molecule has 1 aliphatic carbocycles.